The number of carbonyl (C=O) groups is 3. The fourth-order valence-corrected chi connectivity index (χ4v) is 3.43. The van der Waals surface area contributed by atoms with E-state index < -0.39 is 23.3 Å². The highest BCUT2D eigenvalue weighted by atomic mass is 32.1. The topological polar surface area (TPSA) is 91.8 Å². The van der Waals surface area contributed by atoms with Gasteiger partial charge in [0.15, 0.2) is 0 Å². The fraction of sp³-hybridized carbons (Fsp3) is 0.400. The van der Waals surface area contributed by atoms with Crippen molar-refractivity contribution < 1.29 is 28.6 Å². The Morgan fingerprint density at radius 3 is 1.86 bits per heavy atom. The second-order valence-corrected chi connectivity index (χ2v) is 6.61. The fourth-order valence-electron chi connectivity index (χ4n) is 2.60. The lowest BCUT2D eigenvalue weighted by Gasteiger charge is -2.26. The van der Waals surface area contributed by atoms with Crippen molar-refractivity contribution in [2.24, 2.45) is 5.41 Å². The Balaban J connectivity index is 2.45. The van der Waals surface area contributed by atoms with Crippen LogP contribution >= 0.6 is 11.3 Å². The summed E-state index contributed by atoms with van der Waals surface area (Å²) in [5.41, 5.74) is -0.949. The van der Waals surface area contributed by atoms with E-state index in [1.54, 1.807) is 26.2 Å². The van der Waals surface area contributed by atoms with Gasteiger partial charge in [0.2, 0.25) is 0 Å². The SMILES string of the molecule is CCOC(=O)C(Cc1csc(-c2ccccc2)n1)(C(=O)OCC)C(=O)OCC. The molecule has 0 atom stereocenters. The molecule has 7 nitrogen and oxygen atoms in total. The third-order valence-electron chi connectivity index (χ3n) is 3.89. The molecule has 1 aromatic heterocycles. The lowest BCUT2D eigenvalue weighted by atomic mass is 9.83. The molecule has 1 heterocycles. The van der Waals surface area contributed by atoms with E-state index in [0.717, 1.165) is 5.56 Å². The first-order valence-corrected chi connectivity index (χ1v) is 9.89. The first-order chi connectivity index (χ1) is 13.5. The number of carbonyl (C=O) groups excluding carboxylic acids is 3. The zero-order valence-electron chi connectivity index (χ0n) is 16.1. The van der Waals surface area contributed by atoms with Gasteiger partial charge in [0.1, 0.15) is 5.01 Å². The second kappa shape index (κ2) is 9.98. The van der Waals surface area contributed by atoms with Crippen LogP contribution < -0.4 is 0 Å². The number of aromatic nitrogens is 1. The van der Waals surface area contributed by atoms with E-state index in [2.05, 4.69) is 4.98 Å². The molecular formula is C20H23NO6S. The molecule has 0 spiro atoms. The van der Waals surface area contributed by atoms with Gasteiger partial charge in [0.25, 0.3) is 5.41 Å². The maximum Gasteiger partial charge on any atom is 0.335 e. The van der Waals surface area contributed by atoms with Gasteiger partial charge >= 0.3 is 17.9 Å². The molecule has 0 N–H and O–H groups in total. The molecule has 0 aliphatic heterocycles. The standard InChI is InChI=1S/C20H23NO6S/c1-4-25-17(22)20(18(23)26-5-2,19(24)27-6-3)12-15-13-28-16(21-15)14-10-8-7-9-11-14/h7-11,13H,4-6,12H2,1-3H3. The van der Waals surface area contributed by atoms with E-state index in [-0.39, 0.29) is 26.2 Å². The molecule has 0 saturated carbocycles. The molecule has 28 heavy (non-hydrogen) atoms. The molecule has 0 radical (unpaired) electrons. The van der Waals surface area contributed by atoms with E-state index in [4.69, 9.17) is 14.2 Å². The van der Waals surface area contributed by atoms with Crippen LogP contribution in [0.15, 0.2) is 35.7 Å². The molecule has 0 bridgehead atoms. The van der Waals surface area contributed by atoms with E-state index >= 15 is 0 Å². The Kier molecular flexibility index (Phi) is 7.69. The molecule has 8 heteroatoms. The van der Waals surface area contributed by atoms with Crippen LogP contribution in [0.5, 0.6) is 0 Å². The third-order valence-corrected chi connectivity index (χ3v) is 4.83. The number of rotatable bonds is 9. The van der Waals surface area contributed by atoms with Gasteiger partial charge in [-0.25, -0.2) is 4.98 Å². The van der Waals surface area contributed by atoms with Crippen LogP contribution in [0.1, 0.15) is 26.5 Å². The molecule has 0 unspecified atom stereocenters. The summed E-state index contributed by atoms with van der Waals surface area (Å²) in [6.07, 6.45) is -0.299. The Morgan fingerprint density at radius 2 is 1.39 bits per heavy atom. The van der Waals surface area contributed by atoms with Gasteiger partial charge in [-0.15, -0.1) is 11.3 Å². The van der Waals surface area contributed by atoms with Gasteiger partial charge in [-0.05, 0) is 20.8 Å². The maximum absolute atomic E-state index is 12.7. The minimum absolute atomic E-state index is 0.00568. The third kappa shape index (κ3) is 4.56. The molecule has 1 aromatic carbocycles. The molecule has 0 saturated heterocycles. The molecule has 150 valence electrons. The normalized spacial score (nSPS) is 11.0. The summed E-state index contributed by atoms with van der Waals surface area (Å²) in [6.45, 7) is 4.79. The first kappa shape index (κ1) is 21.6. The number of hydrogen-bond acceptors (Lipinski definition) is 8. The van der Waals surface area contributed by atoms with Crippen LogP contribution in [0.25, 0.3) is 10.6 Å². The Labute approximate surface area is 167 Å². The molecule has 0 fully saturated rings. The Hall–Kier alpha value is -2.74. The van der Waals surface area contributed by atoms with E-state index in [0.29, 0.717) is 10.7 Å². The zero-order chi connectivity index (χ0) is 20.6. The zero-order valence-corrected chi connectivity index (χ0v) is 16.9. The minimum atomic E-state index is -2.25. The number of ether oxygens (including phenoxy) is 3. The molecule has 2 aromatic rings. The largest absolute Gasteiger partial charge is 0.465 e. The quantitative estimate of drug-likeness (QED) is 0.360. The van der Waals surface area contributed by atoms with E-state index in [1.165, 1.54) is 11.3 Å². The summed E-state index contributed by atoms with van der Waals surface area (Å²) in [6, 6.07) is 9.47. The van der Waals surface area contributed by atoms with E-state index in [1.807, 2.05) is 30.3 Å². The van der Waals surface area contributed by atoms with Crippen molar-refractivity contribution in [3.63, 3.8) is 0 Å². The molecule has 2 rings (SSSR count). The predicted octanol–water partition coefficient (Wildman–Crippen LogP) is 3.03. The summed E-state index contributed by atoms with van der Waals surface area (Å²) < 4.78 is 15.1. The lowest BCUT2D eigenvalue weighted by Crippen LogP contribution is -2.51. The highest BCUT2D eigenvalue weighted by Crippen LogP contribution is 2.32. The van der Waals surface area contributed by atoms with Gasteiger partial charge in [0, 0.05) is 17.4 Å². The van der Waals surface area contributed by atoms with Crippen LogP contribution in [0.3, 0.4) is 0 Å². The van der Waals surface area contributed by atoms with Crippen molar-refractivity contribution in [3.8, 4) is 10.6 Å². The monoisotopic (exact) mass is 405 g/mol. The summed E-state index contributed by atoms with van der Waals surface area (Å²) in [4.78, 5) is 42.7. The average Bonchev–Trinajstić information content (AvgIpc) is 3.15. The van der Waals surface area contributed by atoms with Crippen molar-refractivity contribution in [1.82, 2.24) is 4.98 Å². The maximum atomic E-state index is 12.7. The Morgan fingerprint density at radius 1 is 0.893 bits per heavy atom. The second-order valence-electron chi connectivity index (χ2n) is 5.75. The van der Waals surface area contributed by atoms with Crippen LogP contribution in [-0.2, 0) is 35.0 Å². The minimum Gasteiger partial charge on any atom is -0.465 e. The predicted molar refractivity (Wildman–Crippen MR) is 104 cm³/mol. The number of hydrogen-bond donors (Lipinski definition) is 0. The van der Waals surface area contributed by atoms with Crippen LogP contribution in [0.4, 0.5) is 0 Å². The summed E-state index contributed by atoms with van der Waals surface area (Å²) in [7, 11) is 0. The van der Waals surface area contributed by atoms with Gasteiger partial charge in [-0.2, -0.15) is 0 Å². The lowest BCUT2D eigenvalue weighted by molar-refractivity contribution is -0.183. The van der Waals surface area contributed by atoms with Crippen LogP contribution in [-0.4, -0.2) is 42.7 Å². The Bertz CT molecular complexity index is 772. The first-order valence-electron chi connectivity index (χ1n) is 9.01. The molecular weight excluding hydrogens is 382 g/mol. The summed E-state index contributed by atoms with van der Waals surface area (Å²) in [5.74, 6) is -3.00. The van der Waals surface area contributed by atoms with Crippen LogP contribution in [0.2, 0.25) is 0 Å². The van der Waals surface area contributed by atoms with Crippen molar-refractivity contribution in [3.05, 3.63) is 41.4 Å². The summed E-state index contributed by atoms with van der Waals surface area (Å²) >= 11 is 1.35. The summed E-state index contributed by atoms with van der Waals surface area (Å²) in [5, 5.41) is 2.41. The number of nitrogens with zero attached hydrogens (tertiary/aromatic N) is 1. The number of thiazole rings is 1. The van der Waals surface area contributed by atoms with Gasteiger partial charge < -0.3 is 14.2 Å². The van der Waals surface area contributed by atoms with E-state index in [9.17, 15) is 14.4 Å². The highest BCUT2D eigenvalue weighted by molar-refractivity contribution is 7.13. The number of benzene rings is 1. The van der Waals surface area contributed by atoms with Gasteiger partial charge in [0.05, 0.1) is 25.5 Å². The van der Waals surface area contributed by atoms with Gasteiger partial charge in [-0.3, -0.25) is 14.4 Å². The van der Waals surface area contributed by atoms with Crippen molar-refractivity contribution >= 4 is 29.2 Å². The van der Waals surface area contributed by atoms with Gasteiger partial charge in [-0.1, -0.05) is 30.3 Å². The van der Waals surface area contributed by atoms with Crippen molar-refractivity contribution in [1.29, 1.82) is 0 Å². The average molecular weight is 405 g/mol. The smallest absolute Gasteiger partial charge is 0.335 e. The molecule has 0 aliphatic rings. The molecule has 0 amide bonds. The van der Waals surface area contributed by atoms with Crippen LogP contribution in [0, 0.1) is 5.41 Å². The highest BCUT2D eigenvalue weighted by Gasteiger charge is 2.57. The van der Waals surface area contributed by atoms with Crippen molar-refractivity contribution in [2.45, 2.75) is 27.2 Å². The number of esters is 3. The molecule has 0 aliphatic carbocycles. The van der Waals surface area contributed by atoms with Crippen molar-refractivity contribution in [2.75, 3.05) is 19.8 Å².